The number of rotatable bonds is 3. The number of nitrogens with two attached hydrogens (primary N) is 1. The average molecular weight is 269 g/mol. The minimum absolute atomic E-state index is 0.164. The number of anilines is 1. The number of nitrogens with zero attached hydrogens (tertiary/aromatic N) is 1. The van der Waals surface area contributed by atoms with Gasteiger partial charge in [0.25, 0.3) is 0 Å². The first-order valence-electron chi connectivity index (χ1n) is 4.10. The quantitative estimate of drug-likeness (QED) is 0.515. The second kappa shape index (κ2) is 4.80. The van der Waals surface area contributed by atoms with Gasteiger partial charge < -0.3 is 10.5 Å². The Morgan fingerprint density at radius 1 is 1.67 bits per heavy atom. The third-order valence-electron chi connectivity index (χ3n) is 1.86. The summed E-state index contributed by atoms with van der Waals surface area (Å²) in [5.74, 6) is 0.104. The van der Waals surface area contributed by atoms with Crippen LogP contribution in [0.2, 0.25) is 0 Å². The van der Waals surface area contributed by atoms with E-state index in [1.54, 1.807) is 0 Å². The topological polar surface area (TPSA) is 76.1 Å². The number of carbonyl (C=O) groups is 1. The molecule has 2 N–H and O–H groups in total. The second-order valence-corrected chi connectivity index (χ2v) is 3.38. The van der Waals surface area contributed by atoms with Gasteiger partial charge in [0, 0.05) is 5.69 Å². The van der Waals surface area contributed by atoms with Crippen molar-refractivity contribution in [3.63, 3.8) is 0 Å². The van der Waals surface area contributed by atoms with Crippen LogP contribution in [0.15, 0.2) is 12.1 Å². The number of halogens is 1. The van der Waals surface area contributed by atoms with Gasteiger partial charge in [-0.3, -0.25) is 4.79 Å². The summed E-state index contributed by atoms with van der Waals surface area (Å²) in [7, 11) is 1.41. The number of alkyl halides is 1. The monoisotopic (exact) mass is 268 g/mol. The molecule has 1 aromatic rings. The van der Waals surface area contributed by atoms with Crippen LogP contribution in [-0.4, -0.2) is 18.2 Å². The Balaban J connectivity index is 3.43. The van der Waals surface area contributed by atoms with E-state index in [0.29, 0.717) is 11.3 Å². The van der Waals surface area contributed by atoms with Gasteiger partial charge in [0.2, 0.25) is 0 Å². The van der Waals surface area contributed by atoms with Crippen LogP contribution in [0.1, 0.15) is 15.9 Å². The lowest BCUT2D eigenvalue weighted by Crippen LogP contribution is -2.06. The molecule has 0 spiro atoms. The normalized spacial score (nSPS) is 9.40. The molecule has 0 aliphatic carbocycles. The predicted octanol–water partition coefficient (Wildman–Crippen LogP) is 1.73. The van der Waals surface area contributed by atoms with Gasteiger partial charge in [-0.15, -0.1) is 0 Å². The zero-order valence-corrected chi connectivity index (χ0v) is 9.67. The molecular formula is C10H9BrN2O2. The highest BCUT2D eigenvalue weighted by Crippen LogP contribution is 2.27. The molecule has 0 heterocycles. The number of hydrogen-bond donors (Lipinski definition) is 1. The maximum absolute atomic E-state index is 11.5. The molecule has 0 aromatic heterocycles. The van der Waals surface area contributed by atoms with E-state index in [1.807, 2.05) is 6.07 Å². The molecule has 0 saturated heterocycles. The Kier molecular flexibility index (Phi) is 3.69. The summed E-state index contributed by atoms with van der Waals surface area (Å²) in [6, 6.07) is 4.91. The number of benzene rings is 1. The highest BCUT2D eigenvalue weighted by molar-refractivity contribution is 9.09. The third kappa shape index (κ3) is 2.28. The number of hydrogen-bond acceptors (Lipinski definition) is 4. The van der Waals surface area contributed by atoms with Crippen LogP contribution >= 0.6 is 15.9 Å². The molecule has 0 radical (unpaired) electrons. The number of nitriles is 1. The van der Waals surface area contributed by atoms with E-state index in [9.17, 15) is 4.79 Å². The Morgan fingerprint density at radius 3 is 2.80 bits per heavy atom. The summed E-state index contributed by atoms with van der Waals surface area (Å²) in [4.78, 5) is 11.5. The second-order valence-electron chi connectivity index (χ2n) is 2.82. The number of methoxy groups -OCH3 is 1. The van der Waals surface area contributed by atoms with Gasteiger partial charge in [-0.25, -0.2) is 0 Å². The molecule has 1 aromatic carbocycles. The molecule has 5 heteroatoms. The van der Waals surface area contributed by atoms with Gasteiger partial charge in [0.15, 0.2) is 5.78 Å². The highest BCUT2D eigenvalue weighted by atomic mass is 79.9. The number of carbonyl (C=O) groups excluding carboxylic acids is 1. The minimum Gasteiger partial charge on any atom is -0.495 e. The molecule has 0 unspecified atom stereocenters. The fourth-order valence-corrected chi connectivity index (χ4v) is 1.54. The summed E-state index contributed by atoms with van der Waals surface area (Å²) in [5, 5.41) is 9.01. The van der Waals surface area contributed by atoms with E-state index >= 15 is 0 Å². The van der Waals surface area contributed by atoms with Crippen molar-refractivity contribution < 1.29 is 9.53 Å². The van der Waals surface area contributed by atoms with E-state index in [4.69, 9.17) is 15.7 Å². The van der Waals surface area contributed by atoms with Crippen molar-refractivity contribution in [1.29, 1.82) is 5.26 Å². The zero-order chi connectivity index (χ0) is 11.4. The zero-order valence-electron chi connectivity index (χ0n) is 8.08. The molecule has 1 rings (SSSR count). The molecule has 0 amide bonds. The molecular weight excluding hydrogens is 260 g/mol. The van der Waals surface area contributed by atoms with E-state index < -0.39 is 0 Å². The Labute approximate surface area is 95.8 Å². The number of nitrogen functional groups attached to an aromatic ring is 1. The molecule has 0 saturated carbocycles. The Bertz CT molecular complexity index is 438. The van der Waals surface area contributed by atoms with Gasteiger partial charge in [-0.2, -0.15) is 5.26 Å². The van der Waals surface area contributed by atoms with E-state index in [0.717, 1.165) is 0 Å². The van der Waals surface area contributed by atoms with Crippen molar-refractivity contribution in [3.8, 4) is 11.8 Å². The molecule has 0 fully saturated rings. The van der Waals surface area contributed by atoms with Crippen LogP contribution in [0.4, 0.5) is 5.69 Å². The molecule has 0 aliphatic rings. The SMILES string of the molecule is COc1c(C#N)cc(N)cc1C(=O)CBr. The fourth-order valence-electron chi connectivity index (χ4n) is 1.23. The molecule has 15 heavy (non-hydrogen) atoms. The van der Waals surface area contributed by atoms with E-state index in [-0.39, 0.29) is 22.4 Å². The Morgan fingerprint density at radius 2 is 2.33 bits per heavy atom. The summed E-state index contributed by atoms with van der Waals surface area (Å²) in [6.07, 6.45) is 0. The smallest absolute Gasteiger partial charge is 0.177 e. The van der Waals surface area contributed by atoms with Gasteiger partial charge >= 0.3 is 0 Å². The number of Topliss-reactive ketones (excluding diaryl/α,β-unsaturated/α-hetero) is 1. The molecule has 0 bridgehead atoms. The lowest BCUT2D eigenvalue weighted by atomic mass is 10.1. The van der Waals surface area contributed by atoms with Gasteiger partial charge in [-0.1, -0.05) is 15.9 Å². The highest BCUT2D eigenvalue weighted by Gasteiger charge is 2.15. The van der Waals surface area contributed by atoms with Crippen molar-refractivity contribution >= 4 is 27.4 Å². The van der Waals surface area contributed by atoms with Gasteiger partial charge in [0.05, 0.1) is 23.6 Å². The van der Waals surface area contributed by atoms with Crippen molar-refractivity contribution in [3.05, 3.63) is 23.3 Å². The van der Waals surface area contributed by atoms with E-state index in [2.05, 4.69) is 15.9 Å². The number of ketones is 1. The number of ether oxygens (including phenoxy) is 1. The van der Waals surface area contributed by atoms with Crippen molar-refractivity contribution in [2.75, 3.05) is 18.2 Å². The molecule has 4 nitrogen and oxygen atoms in total. The summed E-state index contributed by atoms with van der Waals surface area (Å²) in [5.41, 5.74) is 6.54. The lowest BCUT2D eigenvalue weighted by Gasteiger charge is -2.09. The fraction of sp³-hybridized carbons (Fsp3) is 0.200. The molecule has 78 valence electrons. The van der Waals surface area contributed by atoms with Crippen LogP contribution < -0.4 is 10.5 Å². The van der Waals surface area contributed by atoms with Crippen LogP contribution in [0, 0.1) is 11.3 Å². The molecule has 0 atom stereocenters. The maximum atomic E-state index is 11.5. The van der Waals surface area contributed by atoms with Crippen LogP contribution in [-0.2, 0) is 0 Å². The first-order chi connectivity index (χ1) is 7.13. The predicted molar refractivity (Wildman–Crippen MR) is 60.2 cm³/mol. The maximum Gasteiger partial charge on any atom is 0.177 e. The lowest BCUT2D eigenvalue weighted by molar-refractivity contribution is 0.102. The van der Waals surface area contributed by atoms with E-state index in [1.165, 1.54) is 19.2 Å². The average Bonchev–Trinajstić information content (AvgIpc) is 2.26. The summed E-state index contributed by atoms with van der Waals surface area (Å²) in [6.45, 7) is 0. The van der Waals surface area contributed by atoms with Crippen molar-refractivity contribution in [2.24, 2.45) is 0 Å². The first kappa shape index (κ1) is 11.5. The summed E-state index contributed by atoms with van der Waals surface area (Å²) < 4.78 is 5.03. The van der Waals surface area contributed by atoms with Gasteiger partial charge in [-0.05, 0) is 12.1 Å². The van der Waals surface area contributed by atoms with Crippen LogP contribution in [0.25, 0.3) is 0 Å². The van der Waals surface area contributed by atoms with Crippen molar-refractivity contribution in [1.82, 2.24) is 0 Å². The van der Waals surface area contributed by atoms with Crippen LogP contribution in [0.3, 0.4) is 0 Å². The first-order valence-corrected chi connectivity index (χ1v) is 5.23. The minimum atomic E-state index is -0.171. The standard InChI is InChI=1S/C10H9BrN2O2/c1-15-10-6(5-12)2-7(13)3-8(10)9(14)4-11/h2-3H,4,13H2,1H3. The summed E-state index contributed by atoms with van der Waals surface area (Å²) >= 11 is 3.06. The third-order valence-corrected chi connectivity index (χ3v) is 2.37. The Hall–Kier alpha value is -1.54. The van der Waals surface area contributed by atoms with Crippen molar-refractivity contribution in [2.45, 2.75) is 0 Å². The largest absolute Gasteiger partial charge is 0.495 e. The van der Waals surface area contributed by atoms with Gasteiger partial charge in [0.1, 0.15) is 11.8 Å². The molecule has 0 aliphatic heterocycles. The van der Waals surface area contributed by atoms with Crippen LogP contribution in [0.5, 0.6) is 5.75 Å².